The molecule has 0 radical (unpaired) electrons. The summed E-state index contributed by atoms with van der Waals surface area (Å²) in [6.07, 6.45) is 2.15. The number of aromatic nitrogens is 1. The Hall–Kier alpha value is -2.70. The van der Waals surface area contributed by atoms with Crippen molar-refractivity contribution in [3.05, 3.63) is 40.6 Å². The van der Waals surface area contributed by atoms with Gasteiger partial charge >= 0.3 is 0 Å². The predicted molar refractivity (Wildman–Crippen MR) is 79.1 cm³/mol. The number of benzene rings is 1. The third-order valence-electron chi connectivity index (χ3n) is 2.43. The van der Waals surface area contributed by atoms with E-state index in [0.29, 0.717) is 11.3 Å². The lowest BCUT2D eigenvalue weighted by molar-refractivity contribution is -0.384. The van der Waals surface area contributed by atoms with Gasteiger partial charge in [0.15, 0.2) is 0 Å². The number of carbonyl (C=O) groups excluding carboxylic acids is 1. The van der Waals surface area contributed by atoms with E-state index >= 15 is 0 Å². The number of hydrogen-bond donors (Lipinski definition) is 1. The van der Waals surface area contributed by atoms with Crippen LogP contribution in [0.1, 0.15) is 20.8 Å². The molecule has 0 saturated carbocycles. The Morgan fingerprint density at radius 2 is 1.95 bits per heavy atom. The molecule has 1 aromatic heterocycles. The quantitative estimate of drug-likeness (QED) is 0.515. The van der Waals surface area contributed by atoms with Crippen molar-refractivity contribution in [3.8, 4) is 11.3 Å². The van der Waals surface area contributed by atoms with E-state index in [-0.39, 0.29) is 11.7 Å². The molecular weight excluding hydrogens is 274 g/mol. The van der Waals surface area contributed by atoms with Crippen LogP contribution >= 0.6 is 0 Å². The van der Waals surface area contributed by atoms with Crippen molar-refractivity contribution in [2.45, 2.75) is 26.8 Å². The monoisotopic (exact) mass is 291 g/mol. The van der Waals surface area contributed by atoms with Crippen LogP contribution < -0.4 is 5.32 Å². The molecule has 0 aliphatic heterocycles. The third-order valence-corrected chi connectivity index (χ3v) is 2.43. The summed E-state index contributed by atoms with van der Waals surface area (Å²) in [4.78, 5) is 24.7. The molecule has 0 saturated heterocycles. The number of nitrogens with zero attached hydrogens (tertiary/aromatic N) is 2. The number of nitrogens with one attached hydrogen (secondary N) is 1. The van der Waals surface area contributed by atoms with Crippen molar-refractivity contribution in [2.75, 3.05) is 5.32 Å². The molecular formula is C14H17N3O4. The fraction of sp³-hybridized carbons (Fsp3) is 0.286. The number of aldehydes is 1. The SMILES string of the molecule is CC.C[C@H](C=O)Nc1nc(-c2ccc([N+](=O)[O-])cc2)co1. The maximum atomic E-state index is 10.5. The van der Waals surface area contributed by atoms with Gasteiger partial charge in [-0.25, -0.2) is 0 Å². The summed E-state index contributed by atoms with van der Waals surface area (Å²) in [5, 5.41) is 13.3. The van der Waals surface area contributed by atoms with Gasteiger partial charge in [-0.3, -0.25) is 10.1 Å². The van der Waals surface area contributed by atoms with Gasteiger partial charge in [-0.2, -0.15) is 4.98 Å². The van der Waals surface area contributed by atoms with Crippen molar-refractivity contribution in [1.29, 1.82) is 0 Å². The highest BCUT2D eigenvalue weighted by Crippen LogP contribution is 2.23. The van der Waals surface area contributed by atoms with Gasteiger partial charge in [0.2, 0.25) is 0 Å². The first-order chi connectivity index (χ1) is 10.1. The summed E-state index contributed by atoms with van der Waals surface area (Å²) in [6, 6.07) is 5.79. The zero-order chi connectivity index (χ0) is 15.8. The molecule has 2 rings (SSSR count). The van der Waals surface area contributed by atoms with E-state index in [9.17, 15) is 14.9 Å². The Morgan fingerprint density at radius 3 is 2.48 bits per heavy atom. The lowest BCUT2D eigenvalue weighted by atomic mass is 10.1. The Bertz CT molecular complexity index is 593. The second-order valence-electron chi connectivity index (χ2n) is 3.91. The molecule has 1 heterocycles. The van der Waals surface area contributed by atoms with Gasteiger partial charge in [0.25, 0.3) is 11.7 Å². The number of oxazole rings is 1. The molecule has 0 aliphatic carbocycles. The molecule has 1 aromatic carbocycles. The molecule has 0 bridgehead atoms. The Labute approximate surface area is 122 Å². The Balaban J connectivity index is 0.00000106. The zero-order valence-corrected chi connectivity index (χ0v) is 12.1. The summed E-state index contributed by atoms with van der Waals surface area (Å²) in [5.74, 6) is 0. The summed E-state index contributed by atoms with van der Waals surface area (Å²) in [7, 11) is 0. The third kappa shape index (κ3) is 4.41. The minimum Gasteiger partial charge on any atom is -0.432 e. The molecule has 0 unspecified atom stereocenters. The van der Waals surface area contributed by atoms with Crippen LogP contribution in [0.2, 0.25) is 0 Å². The van der Waals surface area contributed by atoms with Crippen LogP contribution in [0.25, 0.3) is 11.3 Å². The first kappa shape index (κ1) is 16.4. The fourth-order valence-electron chi connectivity index (χ4n) is 1.46. The minimum absolute atomic E-state index is 0.0140. The van der Waals surface area contributed by atoms with E-state index in [1.807, 2.05) is 13.8 Å². The summed E-state index contributed by atoms with van der Waals surface area (Å²) < 4.78 is 5.15. The van der Waals surface area contributed by atoms with Crippen LogP contribution in [0.15, 0.2) is 34.9 Å². The molecule has 0 amide bonds. The van der Waals surface area contributed by atoms with E-state index in [4.69, 9.17) is 4.42 Å². The van der Waals surface area contributed by atoms with Crippen molar-refractivity contribution in [3.63, 3.8) is 0 Å². The maximum absolute atomic E-state index is 10.5. The highest BCUT2D eigenvalue weighted by Gasteiger charge is 2.10. The fourth-order valence-corrected chi connectivity index (χ4v) is 1.46. The standard InChI is InChI=1S/C12H11N3O4.C2H6/c1-8(6-16)13-12-14-11(7-19-12)9-2-4-10(5-3-9)15(17)18;1-2/h2-8H,1H3,(H,13,14);1-2H3/t8-;/m1./s1. The van der Waals surface area contributed by atoms with Crippen LogP contribution in [0.3, 0.4) is 0 Å². The molecule has 0 fully saturated rings. The van der Waals surface area contributed by atoms with Crippen molar-refractivity contribution in [2.24, 2.45) is 0 Å². The van der Waals surface area contributed by atoms with Gasteiger partial charge in [-0.05, 0) is 19.1 Å². The second-order valence-corrected chi connectivity index (χ2v) is 3.91. The van der Waals surface area contributed by atoms with E-state index in [1.54, 1.807) is 19.1 Å². The van der Waals surface area contributed by atoms with E-state index in [0.717, 1.165) is 6.29 Å². The smallest absolute Gasteiger partial charge is 0.295 e. The van der Waals surface area contributed by atoms with Gasteiger partial charge in [-0.1, -0.05) is 13.8 Å². The molecule has 1 N–H and O–H groups in total. The van der Waals surface area contributed by atoms with Gasteiger partial charge in [0.05, 0.1) is 11.0 Å². The Morgan fingerprint density at radius 1 is 1.33 bits per heavy atom. The van der Waals surface area contributed by atoms with E-state index in [1.165, 1.54) is 18.4 Å². The number of non-ortho nitro benzene ring substituents is 1. The van der Waals surface area contributed by atoms with Crippen LogP contribution in [0.5, 0.6) is 0 Å². The predicted octanol–water partition coefficient (Wildman–Crippen LogP) is 3.28. The highest BCUT2D eigenvalue weighted by molar-refractivity contribution is 5.64. The van der Waals surface area contributed by atoms with E-state index < -0.39 is 11.0 Å². The number of anilines is 1. The molecule has 7 nitrogen and oxygen atoms in total. The molecule has 1 atom stereocenters. The van der Waals surface area contributed by atoms with Crippen molar-refractivity contribution in [1.82, 2.24) is 4.98 Å². The van der Waals surface area contributed by atoms with Crippen LogP contribution in [-0.4, -0.2) is 22.2 Å². The number of rotatable bonds is 5. The highest BCUT2D eigenvalue weighted by atomic mass is 16.6. The summed E-state index contributed by atoms with van der Waals surface area (Å²) in [5.41, 5.74) is 1.25. The number of hydrogen-bond acceptors (Lipinski definition) is 6. The van der Waals surface area contributed by atoms with Gasteiger partial charge in [0.1, 0.15) is 18.2 Å². The average Bonchev–Trinajstić information content (AvgIpc) is 2.97. The van der Waals surface area contributed by atoms with Gasteiger partial charge < -0.3 is 14.5 Å². The molecule has 112 valence electrons. The first-order valence-electron chi connectivity index (χ1n) is 6.52. The Kier molecular flexibility index (Phi) is 6.06. The van der Waals surface area contributed by atoms with Gasteiger partial charge in [-0.15, -0.1) is 0 Å². The number of carbonyl (C=O) groups is 1. The van der Waals surface area contributed by atoms with Crippen molar-refractivity contribution >= 4 is 18.0 Å². The largest absolute Gasteiger partial charge is 0.432 e. The lowest BCUT2D eigenvalue weighted by Gasteiger charge is -2.01. The van der Waals surface area contributed by atoms with Crippen LogP contribution in [0, 0.1) is 10.1 Å². The van der Waals surface area contributed by atoms with Crippen LogP contribution in [-0.2, 0) is 4.79 Å². The number of nitro groups is 1. The van der Waals surface area contributed by atoms with Gasteiger partial charge in [0, 0.05) is 17.7 Å². The normalized spacial score (nSPS) is 11.0. The lowest BCUT2D eigenvalue weighted by Crippen LogP contribution is -2.16. The first-order valence-corrected chi connectivity index (χ1v) is 6.52. The van der Waals surface area contributed by atoms with Crippen molar-refractivity contribution < 1.29 is 14.1 Å². The second kappa shape index (κ2) is 7.78. The topological polar surface area (TPSA) is 98.3 Å². The molecule has 2 aromatic rings. The van der Waals surface area contributed by atoms with E-state index in [2.05, 4.69) is 10.3 Å². The zero-order valence-electron chi connectivity index (χ0n) is 12.1. The molecule has 21 heavy (non-hydrogen) atoms. The minimum atomic E-state index is -0.467. The molecule has 0 spiro atoms. The summed E-state index contributed by atoms with van der Waals surface area (Å²) in [6.45, 7) is 5.67. The van der Waals surface area contributed by atoms with Crippen LogP contribution in [0.4, 0.5) is 11.7 Å². The summed E-state index contributed by atoms with van der Waals surface area (Å²) >= 11 is 0. The molecule has 0 aliphatic rings. The molecule has 7 heteroatoms. The maximum Gasteiger partial charge on any atom is 0.295 e. The number of nitro benzene ring substituents is 1. The average molecular weight is 291 g/mol.